The van der Waals surface area contributed by atoms with Crippen molar-refractivity contribution in [3.8, 4) is 0 Å². The number of urea groups is 1. The van der Waals surface area contributed by atoms with Crippen molar-refractivity contribution >= 4 is 23.4 Å². The standard InChI is InChI=1S/C24H28FN3O3/c1-17(29)20-5-2-6-22(14-20)27-24(31)26-15-23(30)28-13-3-4-19(16-28)8-7-18-9-11-21(25)12-10-18/h2,5-6,9-12,14,19H,3-4,7-8,13,15-16H2,1H3,(H2,26,27,31)/t19-/m1/s1. The molecule has 2 aromatic rings. The first-order valence-electron chi connectivity index (χ1n) is 10.6. The molecule has 1 aliphatic heterocycles. The van der Waals surface area contributed by atoms with E-state index in [1.165, 1.54) is 19.1 Å². The maximum absolute atomic E-state index is 13.0. The third kappa shape index (κ3) is 6.91. The van der Waals surface area contributed by atoms with Crippen LogP contribution in [0, 0.1) is 11.7 Å². The number of Topliss-reactive ketones (excluding diaryl/α,β-unsaturated/α-hetero) is 1. The minimum absolute atomic E-state index is 0.0804. The average molecular weight is 426 g/mol. The number of anilines is 1. The number of halogens is 1. The van der Waals surface area contributed by atoms with E-state index in [0.717, 1.165) is 31.2 Å². The normalized spacial score (nSPS) is 15.9. The van der Waals surface area contributed by atoms with Crippen molar-refractivity contribution in [2.45, 2.75) is 32.6 Å². The van der Waals surface area contributed by atoms with Gasteiger partial charge in [-0.1, -0.05) is 24.3 Å². The molecular formula is C24H28FN3O3. The molecule has 0 aliphatic carbocycles. The van der Waals surface area contributed by atoms with Gasteiger partial charge in [-0.25, -0.2) is 9.18 Å². The van der Waals surface area contributed by atoms with Crippen molar-refractivity contribution < 1.29 is 18.8 Å². The molecule has 0 radical (unpaired) electrons. The Morgan fingerprint density at radius 2 is 1.90 bits per heavy atom. The van der Waals surface area contributed by atoms with E-state index in [1.807, 2.05) is 0 Å². The molecule has 1 fully saturated rings. The van der Waals surface area contributed by atoms with E-state index in [-0.39, 0.29) is 24.1 Å². The molecule has 6 nitrogen and oxygen atoms in total. The minimum atomic E-state index is -0.487. The van der Waals surface area contributed by atoms with Crippen molar-refractivity contribution in [1.29, 1.82) is 0 Å². The molecule has 0 aromatic heterocycles. The van der Waals surface area contributed by atoms with Crippen LogP contribution in [0.5, 0.6) is 0 Å². The van der Waals surface area contributed by atoms with Gasteiger partial charge in [0.25, 0.3) is 0 Å². The Morgan fingerprint density at radius 3 is 2.65 bits per heavy atom. The van der Waals surface area contributed by atoms with Crippen LogP contribution in [-0.2, 0) is 11.2 Å². The Labute approximate surface area is 181 Å². The molecule has 0 unspecified atom stereocenters. The van der Waals surface area contributed by atoms with Crippen LogP contribution in [0.1, 0.15) is 42.1 Å². The molecule has 31 heavy (non-hydrogen) atoms. The summed E-state index contributed by atoms with van der Waals surface area (Å²) in [4.78, 5) is 37.9. The zero-order valence-electron chi connectivity index (χ0n) is 17.7. The topological polar surface area (TPSA) is 78.5 Å². The number of carbonyl (C=O) groups is 3. The van der Waals surface area contributed by atoms with Crippen LogP contribution >= 0.6 is 0 Å². The molecule has 3 rings (SSSR count). The summed E-state index contributed by atoms with van der Waals surface area (Å²) in [5.41, 5.74) is 2.10. The van der Waals surface area contributed by atoms with E-state index in [2.05, 4.69) is 10.6 Å². The lowest BCUT2D eigenvalue weighted by molar-refractivity contribution is -0.131. The Kier molecular flexibility index (Phi) is 7.76. The molecule has 7 heteroatoms. The summed E-state index contributed by atoms with van der Waals surface area (Å²) in [5.74, 6) is -0.0374. The van der Waals surface area contributed by atoms with Gasteiger partial charge in [0, 0.05) is 24.3 Å². The number of nitrogens with one attached hydrogen (secondary N) is 2. The predicted molar refractivity (Wildman–Crippen MR) is 117 cm³/mol. The van der Waals surface area contributed by atoms with Crippen molar-refractivity contribution in [2.24, 2.45) is 5.92 Å². The largest absolute Gasteiger partial charge is 0.341 e. The van der Waals surface area contributed by atoms with Gasteiger partial charge in [-0.15, -0.1) is 0 Å². The molecule has 1 heterocycles. The number of piperidine rings is 1. The molecule has 2 aromatic carbocycles. The number of ketones is 1. The van der Waals surface area contributed by atoms with E-state index >= 15 is 0 Å². The number of benzene rings is 2. The molecule has 3 amide bonds. The molecule has 1 saturated heterocycles. The fourth-order valence-corrected chi connectivity index (χ4v) is 3.81. The van der Waals surface area contributed by atoms with Gasteiger partial charge < -0.3 is 15.5 Å². The van der Waals surface area contributed by atoms with Gasteiger partial charge >= 0.3 is 6.03 Å². The zero-order chi connectivity index (χ0) is 22.2. The average Bonchev–Trinajstić information content (AvgIpc) is 2.77. The molecular weight excluding hydrogens is 397 g/mol. The number of hydrogen-bond donors (Lipinski definition) is 2. The second-order valence-electron chi connectivity index (χ2n) is 7.96. The Hall–Kier alpha value is -3.22. The molecule has 2 N–H and O–H groups in total. The van der Waals surface area contributed by atoms with Gasteiger partial charge in [-0.3, -0.25) is 9.59 Å². The molecule has 1 atom stereocenters. The first-order valence-corrected chi connectivity index (χ1v) is 10.6. The summed E-state index contributed by atoms with van der Waals surface area (Å²) in [7, 11) is 0. The summed E-state index contributed by atoms with van der Waals surface area (Å²) in [5, 5.41) is 5.24. The lowest BCUT2D eigenvalue weighted by Crippen LogP contribution is -2.45. The first-order chi connectivity index (χ1) is 14.9. The minimum Gasteiger partial charge on any atom is -0.341 e. The van der Waals surface area contributed by atoms with Crippen LogP contribution in [-0.4, -0.2) is 42.3 Å². The van der Waals surface area contributed by atoms with Crippen molar-refractivity contribution in [3.63, 3.8) is 0 Å². The highest BCUT2D eigenvalue weighted by molar-refractivity contribution is 5.97. The summed E-state index contributed by atoms with van der Waals surface area (Å²) in [6.07, 6.45) is 3.79. The monoisotopic (exact) mass is 425 g/mol. The molecule has 164 valence electrons. The number of aryl methyl sites for hydroxylation is 1. The van der Waals surface area contributed by atoms with Gasteiger partial charge in [0.05, 0.1) is 6.54 Å². The Bertz CT molecular complexity index is 930. The van der Waals surface area contributed by atoms with Gasteiger partial charge in [-0.05, 0) is 68.4 Å². The Morgan fingerprint density at radius 1 is 1.13 bits per heavy atom. The highest BCUT2D eigenvalue weighted by Gasteiger charge is 2.23. The highest BCUT2D eigenvalue weighted by Crippen LogP contribution is 2.22. The number of amides is 3. The van der Waals surface area contributed by atoms with Crippen molar-refractivity contribution in [3.05, 3.63) is 65.5 Å². The summed E-state index contributed by atoms with van der Waals surface area (Å²) in [6, 6.07) is 12.7. The van der Waals surface area contributed by atoms with Crippen LogP contribution in [0.3, 0.4) is 0 Å². The summed E-state index contributed by atoms with van der Waals surface area (Å²) in [6.45, 7) is 2.74. The third-order valence-electron chi connectivity index (χ3n) is 5.55. The third-order valence-corrected chi connectivity index (χ3v) is 5.55. The fourth-order valence-electron chi connectivity index (χ4n) is 3.81. The number of carbonyl (C=O) groups excluding carboxylic acids is 3. The predicted octanol–water partition coefficient (Wildman–Crippen LogP) is 4.02. The van der Waals surface area contributed by atoms with Crippen LogP contribution in [0.4, 0.5) is 14.9 Å². The number of hydrogen-bond acceptors (Lipinski definition) is 3. The fraction of sp³-hybridized carbons (Fsp3) is 0.375. The molecule has 0 saturated carbocycles. The Balaban J connectivity index is 1.43. The van der Waals surface area contributed by atoms with E-state index < -0.39 is 6.03 Å². The highest BCUT2D eigenvalue weighted by atomic mass is 19.1. The first kappa shape index (κ1) is 22.5. The van der Waals surface area contributed by atoms with Crippen molar-refractivity contribution in [2.75, 3.05) is 25.0 Å². The number of rotatable bonds is 7. The van der Waals surface area contributed by atoms with E-state index in [9.17, 15) is 18.8 Å². The van der Waals surface area contributed by atoms with Crippen molar-refractivity contribution in [1.82, 2.24) is 10.2 Å². The van der Waals surface area contributed by atoms with Crippen LogP contribution in [0.25, 0.3) is 0 Å². The van der Waals surface area contributed by atoms with Gasteiger partial charge in [-0.2, -0.15) is 0 Å². The van der Waals surface area contributed by atoms with Gasteiger partial charge in [0.2, 0.25) is 5.91 Å². The lowest BCUT2D eigenvalue weighted by Gasteiger charge is -2.33. The number of likely N-dealkylation sites (tertiary alicyclic amines) is 1. The van der Waals surface area contributed by atoms with E-state index in [1.54, 1.807) is 41.3 Å². The quantitative estimate of drug-likeness (QED) is 0.658. The van der Waals surface area contributed by atoms with E-state index in [4.69, 9.17) is 0 Å². The molecule has 1 aliphatic rings. The number of nitrogens with zero attached hydrogens (tertiary/aromatic N) is 1. The smallest absolute Gasteiger partial charge is 0.319 e. The van der Waals surface area contributed by atoms with Crippen LogP contribution in [0.2, 0.25) is 0 Å². The second-order valence-corrected chi connectivity index (χ2v) is 7.96. The maximum Gasteiger partial charge on any atom is 0.319 e. The zero-order valence-corrected chi connectivity index (χ0v) is 17.7. The van der Waals surface area contributed by atoms with E-state index in [0.29, 0.717) is 30.3 Å². The molecule has 0 bridgehead atoms. The van der Waals surface area contributed by atoms with Crippen LogP contribution < -0.4 is 10.6 Å². The van der Waals surface area contributed by atoms with Gasteiger partial charge in [0.1, 0.15) is 5.82 Å². The van der Waals surface area contributed by atoms with Crippen LogP contribution in [0.15, 0.2) is 48.5 Å². The summed E-state index contributed by atoms with van der Waals surface area (Å²) < 4.78 is 13.0. The molecule has 0 spiro atoms. The summed E-state index contributed by atoms with van der Waals surface area (Å²) >= 11 is 0. The maximum atomic E-state index is 13.0. The second kappa shape index (κ2) is 10.7. The lowest BCUT2D eigenvalue weighted by atomic mass is 9.91. The van der Waals surface area contributed by atoms with Gasteiger partial charge in [0.15, 0.2) is 5.78 Å². The SMILES string of the molecule is CC(=O)c1cccc(NC(=O)NCC(=O)N2CCC[C@H](CCc3ccc(F)cc3)C2)c1.